The molecule has 0 saturated carbocycles. The predicted molar refractivity (Wildman–Crippen MR) is 80.7 cm³/mol. The number of aromatic nitrogens is 1. The van der Waals surface area contributed by atoms with Crippen molar-refractivity contribution in [3.63, 3.8) is 0 Å². The summed E-state index contributed by atoms with van der Waals surface area (Å²) < 4.78 is 0. The van der Waals surface area contributed by atoms with E-state index in [-0.39, 0.29) is 11.9 Å². The minimum Gasteiger partial charge on any atom is -0.324 e. The second-order valence-electron chi connectivity index (χ2n) is 5.52. The average Bonchev–Trinajstić information content (AvgIpc) is 2.85. The van der Waals surface area contributed by atoms with Gasteiger partial charge in [0.2, 0.25) is 5.91 Å². The molecule has 2 N–H and O–H groups in total. The van der Waals surface area contributed by atoms with Crippen LogP contribution in [-0.4, -0.2) is 23.5 Å². The number of pyridine rings is 1. The fourth-order valence-corrected chi connectivity index (χ4v) is 2.81. The zero-order valence-corrected chi connectivity index (χ0v) is 11.8. The van der Waals surface area contributed by atoms with E-state index in [1.807, 2.05) is 37.3 Å². The summed E-state index contributed by atoms with van der Waals surface area (Å²) in [5.74, 6) is 0.426. The van der Waals surface area contributed by atoms with Crippen molar-refractivity contribution in [2.24, 2.45) is 5.92 Å². The lowest BCUT2D eigenvalue weighted by molar-refractivity contribution is -0.118. The summed E-state index contributed by atoms with van der Waals surface area (Å²) in [4.78, 5) is 16.9. The number of benzene rings is 1. The minimum atomic E-state index is -0.0952. The summed E-state index contributed by atoms with van der Waals surface area (Å²) in [6.07, 6.45) is 1.05. The van der Waals surface area contributed by atoms with E-state index < -0.39 is 0 Å². The molecular weight excluding hydrogens is 250 g/mol. The Hall–Kier alpha value is -1.94. The SMILES string of the molecule is Cc1cc(NC(=O)C2NCCC2C)c2ccccc2n1. The van der Waals surface area contributed by atoms with Gasteiger partial charge in [0.25, 0.3) is 0 Å². The maximum absolute atomic E-state index is 12.4. The molecule has 20 heavy (non-hydrogen) atoms. The number of fused-ring (bicyclic) bond motifs is 1. The number of nitrogens with zero attached hydrogens (tertiary/aromatic N) is 1. The number of anilines is 1. The number of rotatable bonds is 2. The van der Waals surface area contributed by atoms with Crippen molar-refractivity contribution in [3.05, 3.63) is 36.0 Å². The van der Waals surface area contributed by atoms with Crippen molar-refractivity contribution >= 4 is 22.5 Å². The Labute approximate surface area is 118 Å². The van der Waals surface area contributed by atoms with E-state index >= 15 is 0 Å². The van der Waals surface area contributed by atoms with Crippen LogP contribution in [-0.2, 0) is 4.79 Å². The van der Waals surface area contributed by atoms with E-state index in [0.717, 1.165) is 35.2 Å². The highest BCUT2D eigenvalue weighted by Crippen LogP contribution is 2.24. The monoisotopic (exact) mass is 269 g/mol. The lowest BCUT2D eigenvalue weighted by Crippen LogP contribution is -2.39. The number of carbonyl (C=O) groups is 1. The summed E-state index contributed by atoms with van der Waals surface area (Å²) in [7, 11) is 0. The van der Waals surface area contributed by atoms with Crippen LogP contribution in [0.2, 0.25) is 0 Å². The number of nitrogens with one attached hydrogen (secondary N) is 2. The van der Waals surface area contributed by atoms with E-state index in [2.05, 4.69) is 22.5 Å². The number of aryl methyl sites for hydroxylation is 1. The topological polar surface area (TPSA) is 54.0 Å². The van der Waals surface area contributed by atoms with Crippen LogP contribution in [0.1, 0.15) is 19.0 Å². The van der Waals surface area contributed by atoms with Crippen LogP contribution >= 0.6 is 0 Å². The highest BCUT2D eigenvalue weighted by molar-refractivity contribution is 6.03. The van der Waals surface area contributed by atoms with Crippen LogP contribution in [0.15, 0.2) is 30.3 Å². The Morgan fingerprint density at radius 2 is 2.20 bits per heavy atom. The van der Waals surface area contributed by atoms with Crippen molar-refractivity contribution < 1.29 is 4.79 Å². The van der Waals surface area contributed by atoms with Crippen LogP contribution in [0.5, 0.6) is 0 Å². The first-order valence-corrected chi connectivity index (χ1v) is 7.06. The van der Waals surface area contributed by atoms with Crippen LogP contribution < -0.4 is 10.6 Å². The van der Waals surface area contributed by atoms with E-state index in [4.69, 9.17) is 0 Å². The average molecular weight is 269 g/mol. The van der Waals surface area contributed by atoms with Gasteiger partial charge >= 0.3 is 0 Å². The van der Waals surface area contributed by atoms with Gasteiger partial charge in [-0.25, -0.2) is 0 Å². The Morgan fingerprint density at radius 1 is 1.40 bits per heavy atom. The third-order valence-electron chi connectivity index (χ3n) is 3.92. The molecule has 0 bridgehead atoms. The van der Waals surface area contributed by atoms with Gasteiger partial charge in [0.1, 0.15) is 0 Å². The Morgan fingerprint density at radius 3 is 2.95 bits per heavy atom. The molecule has 2 atom stereocenters. The molecule has 104 valence electrons. The molecule has 1 amide bonds. The number of hydrogen-bond donors (Lipinski definition) is 2. The maximum Gasteiger partial charge on any atom is 0.241 e. The maximum atomic E-state index is 12.4. The molecule has 3 rings (SSSR count). The number of hydrogen-bond acceptors (Lipinski definition) is 3. The predicted octanol–water partition coefficient (Wildman–Crippen LogP) is 2.48. The second-order valence-corrected chi connectivity index (χ2v) is 5.52. The molecular formula is C16H19N3O. The molecule has 2 unspecified atom stereocenters. The van der Waals surface area contributed by atoms with Gasteiger partial charge in [0.15, 0.2) is 0 Å². The summed E-state index contributed by atoms with van der Waals surface area (Å²) in [6, 6.07) is 9.71. The van der Waals surface area contributed by atoms with Crippen LogP contribution in [0.3, 0.4) is 0 Å². The lowest BCUT2D eigenvalue weighted by Gasteiger charge is -2.16. The zero-order chi connectivity index (χ0) is 14.1. The van der Waals surface area contributed by atoms with Crippen molar-refractivity contribution in [2.75, 3.05) is 11.9 Å². The summed E-state index contributed by atoms with van der Waals surface area (Å²) in [5, 5.41) is 7.30. The Bertz CT molecular complexity index is 653. The van der Waals surface area contributed by atoms with Crippen LogP contribution in [0, 0.1) is 12.8 Å². The first-order chi connectivity index (χ1) is 9.65. The summed E-state index contributed by atoms with van der Waals surface area (Å²) in [5.41, 5.74) is 2.67. The van der Waals surface area contributed by atoms with Crippen LogP contribution in [0.4, 0.5) is 5.69 Å². The number of para-hydroxylation sites is 1. The van der Waals surface area contributed by atoms with E-state index in [9.17, 15) is 4.79 Å². The van der Waals surface area contributed by atoms with Crippen molar-refractivity contribution in [2.45, 2.75) is 26.3 Å². The fourth-order valence-electron chi connectivity index (χ4n) is 2.81. The number of carbonyl (C=O) groups excluding carboxylic acids is 1. The van der Waals surface area contributed by atoms with Crippen LogP contribution in [0.25, 0.3) is 10.9 Å². The summed E-state index contributed by atoms with van der Waals surface area (Å²) >= 11 is 0. The first-order valence-electron chi connectivity index (χ1n) is 7.06. The highest BCUT2D eigenvalue weighted by Gasteiger charge is 2.29. The van der Waals surface area contributed by atoms with Gasteiger partial charge < -0.3 is 10.6 Å². The van der Waals surface area contributed by atoms with Crippen molar-refractivity contribution in [1.29, 1.82) is 0 Å². The molecule has 4 heteroatoms. The minimum absolute atomic E-state index is 0.0470. The summed E-state index contributed by atoms with van der Waals surface area (Å²) in [6.45, 7) is 4.97. The second kappa shape index (κ2) is 5.21. The molecule has 1 fully saturated rings. The molecule has 2 heterocycles. The van der Waals surface area contributed by atoms with Gasteiger partial charge in [-0.15, -0.1) is 0 Å². The normalized spacial score (nSPS) is 22.1. The Balaban J connectivity index is 1.92. The van der Waals surface area contributed by atoms with Gasteiger partial charge in [-0.3, -0.25) is 9.78 Å². The van der Waals surface area contributed by atoms with Crippen molar-refractivity contribution in [3.8, 4) is 0 Å². The molecule has 1 aromatic carbocycles. The fraction of sp³-hybridized carbons (Fsp3) is 0.375. The van der Waals surface area contributed by atoms with Gasteiger partial charge in [0, 0.05) is 11.1 Å². The first kappa shape index (κ1) is 13.1. The third kappa shape index (κ3) is 2.39. The third-order valence-corrected chi connectivity index (χ3v) is 3.92. The molecule has 4 nitrogen and oxygen atoms in total. The number of amides is 1. The largest absolute Gasteiger partial charge is 0.324 e. The van der Waals surface area contributed by atoms with E-state index in [1.165, 1.54) is 0 Å². The molecule has 2 aromatic rings. The van der Waals surface area contributed by atoms with Gasteiger partial charge in [-0.1, -0.05) is 25.1 Å². The molecule has 1 aromatic heterocycles. The smallest absolute Gasteiger partial charge is 0.241 e. The molecule has 1 saturated heterocycles. The van der Waals surface area contributed by atoms with Gasteiger partial charge in [-0.2, -0.15) is 0 Å². The van der Waals surface area contributed by atoms with E-state index in [1.54, 1.807) is 0 Å². The van der Waals surface area contributed by atoms with E-state index in [0.29, 0.717) is 5.92 Å². The lowest BCUT2D eigenvalue weighted by atomic mass is 10.0. The van der Waals surface area contributed by atoms with Gasteiger partial charge in [0.05, 0.1) is 17.2 Å². The zero-order valence-electron chi connectivity index (χ0n) is 11.8. The molecule has 1 aliphatic rings. The highest BCUT2D eigenvalue weighted by atomic mass is 16.2. The van der Waals surface area contributed by atoms with Gasteiger partial charge in [-0.05, 0) is 37.9 Å². The Kier molecular flexibility index (Phi) is 3.40. The quantitative estimate of drug-likeness (QED) is 0.880. The molecule has 0 radical (unpaired) electrons. The standard InChI is InChI=1S/C16H19N3O/c1-10-7-8-17-15(10)16(20)19-14-9-11(2)18-13-6-4-3-5-12(13)14/h3-6,9-10,15,17H,7-8H2,1-2H3,(H,18,19,20). The molecule has 0 spiro atoms. The molecule has 1 aliphatic heterocycles. The van der Waals surface area contributed by atoms with Crippen molar-refractivity contribution in [1.82, 2.24) is 10.3 Å². The molecule has 0 aliphatic carbocycles.